The quantitative estimate of drug-likeness (QED) is 0.637. The number of rotatable bonds is 6. The highest BCUT2D eigenvalue weighted by molar-refractivity contribution is 6.32. The summed E-state index contributed by atoms with van der Waals surface area (Å²) < 4.78 is 5.45. The molecule has 0 radical (unpaired) electrons. The number of ether oxygens (including phenoxy) is 1. The summed E-state index contributed by atoms with van der Waals surface area (Å²) in [5.41, 5.74) is 10.2. The molecule has 0 atom stereocenters. The minimum Gasteiger partial charge on any atom is -0.496 e. The van der Waals surface area contributed by atoms with Crippen molar-refractivity contribution >= 4 is 29.5 Å². The van der Waals surface area contributed by atoms with Crippen LogP contribution in [0, 0.1) is 13.8 Å². The molecule has 0 aromatic carbocycles. The summed E-state index contributed by atoms with van der Waals surface area (Å²) in [4.78, 5) is 17.0. The molecule has 0 amide bonds. The summed E-state index contributed by atoms with van der Waals surface area (Å²) in [7, 11) is 1.68. The highest BCUT2D eigenvalue weighted by Crippen LogP contribution is 2.29. The second-order valence-corrected chi connectivity index (χ2v) is 5.81. The molecule has 0 aliphatic rings. The van der Waals surface area contributed by atoms with Crippen molar-refractivity contribution < 1.29 is 4.74 Å². The van der Waals surface area contributed by atoms with E-state index in [1.54, 1.807) is 13.3 Å². The SMILES string of the molecule is C/C=N\c1c(Cl)nc(N)nc1CCCc1ncc(C)c(OC)c1C. The Morgan fingerprint density at radius 3 is 2.62 bits per heavy atom. The van der Waals surface area contributed by atoms with Gasteiger partial charge in [-0.25, -0.2) is 4.98 Å². The summed E-state index contributed by atoms with van der Waals surface area (Å²) in [6.45, 7) is 5.84. The number of nitrogens with two attached hydrogens (primary N) is 1. The molecule has 0 aliphatic carbocycles. The minimum atomic E-state index is 0.163. The highest BCUT2D eigenvalue weighted by atomic mass is 35.5. The van der Waals surface area contributed by atoms with Crippen molar-refractivity contribution in [2.75, 3.05) is 12.8 Å². The minimum absolute atomic E-state index is 0.163. The third-order valence-electron chi connectivity index (χ3n) is 3.77. The van der Waals surface area contributed by atoms with Crippen molar-refractivity contribution in [3.05, 3.63) is 33.9 Å². The molecule has 0 spiro atoms. The average Bonchev–Trinajstić information content (AvgIpc) is 2.53. The first-order chi connectivity index (χ1) is 11.5. The Labute approximate surface area is 147 Å². The van der Waals surface area contributed by atoms with Crippen LogP contribution in [0.15, 0.2) is 11.2 Å². The van der Waals surface area contributed by atoms with E-state index >= 15 is 0 Å². The fourth-order valence-corrected chi connectivity index (χ4v) is 2.91. The van der Waals surface area contributed by atoms with E-state index < -0.39 is 0 Å². The third kappa shape index (κ3) is 4.00. The van der Waals surface area contributed by atoms with Gasteiger partial charge >= 0.3 is 0 Å². The van der Waals surface area contributed by atoms with E-state index in [9.17, 15) is 0 Å². The van der Waals surface area contributed by atoms with Gasteiger partial charge in [-0.15, -0.1) is 0 Å². The largest absolute Gasteiger partial charge is 0.496 e. The van der Waals surface area contributed by atoms with Gasteiger partial charge in [-0.2, -0.15) is 4.98 Å². The summed E-state index contributed by atoms with van der Waals surface area (Å²) in [5.74, 6) is 1.06. The van der Waals surface area contributed by atoms with Crippen molar-refractivity contribution in [1.29, 1.82) is 0 Å². The number of aryl methyl sites for hydroxylation is 3. The van der Waals surface area contributed by atoms with Crippen LogP contribution in [0.25, 0.3) is 0 Å². The monoisotopic (exact) mass is 347 g/mol. The van der Waals surface area contributed by atoms with Crippen LogP contribution in [0.5, 0.6) is 5.75 Å². The number of nitrogens with zero attached hydrogens (tertiary/aromatic N) is 4. The van der Waals surface area contributed by atoms with Gasteiger partial charge in [0.1, 0.15) is 11.4 Å². The van der Waals surface area contributed by atoms with Gasteiger partial charge in [0.2, 0.25) is 5.95 Å². The van der Waals surface area contributed by atoms with Crippen LogP contribution in [-0.4, -0.2) is 28.3 Å². The molecule has 2 heterocycles. The average molecular weight is 348 g/mol. The number of nitrogen functional groups attached to an aromatic ring is 1. The van der Waals surface area contributed by atoms with Gasteiger partial charge in [0.05, 0.1) is 12.8 Å². The van der Waals surface area contributed by atoms with Crippen molar-refractivity contribution in [3.63, 3.8) is 0 Å². The first-order valence-corrected chi connectivity index (χ1v) is 8.15. The van der Waals surface area contributed by atoms with Crippen LogP contribution in [-0.2, 0) is 12.8 Å². The zero-order valence-corrected chi connectivity index (χ0v) is 15.2. The molecule has 0 fully saturated rings. The maximum absolute atomic E-state index is 6.12. The van der Waals surface area contributed by atoms with Gasteiger partial charge in [0, 0.05) is 29.2 Å². The van der Waals surface area contributed by atoms with Crippen LogP contribution in [0.3, 0.4) is 0 Å². The maximum atomic E-state index is 6.12. The van der Waals surface area contributed by atoms with Crippen LogP contribution in [0.4, 0.5) is 11.6 Å². The Balaban J connectivity index is 2.16. The fraction of sp³-hybridized carbons (Fsp3) is 0.412. The first kappa shape index (κ1) is 18.1. The summed E-state index contributed by atoms with van der Waals surface area (Å²) in [5, 5.41) is 0.280. The van der Waals surface area contributed by atoms with Gasteiger partial charge in [-0.05, 0) is 40.0 Å². The van der Waals surface area contributed by atoms with Gasteiger partial charge in [0.15, 0.2) is 5.15 Å². The first-order valence-electron chi connectivity index (χ1n) is 7.77. The van der Waals surface area contributed by atoms with Crippen molar-refractivity contribution in [2.45, 2.75) is 40.0 Å². The Morgan fingerprint density at radius 1 is 1.25 bits per heavy atom. The van der Waals surface area contributed by atoms with Crippen molar-refractivity contribution in [1.82, 2.24) is 15.0 Å². The lowest BCUT2D eigenvalue weighted by atomic mass is 10.0. The number of pyridine rings is 1. The summed E-state index contributed by atoms with van der Waals surface area (Å²) in [6, 6.07) is 0. The van der Waals surface area contributed by atoms with Crippen molar-refractivity contribution in [3.8, 4) is 5.75 Å². The predicted molar refractivity (Wildman–Crippen MR) is 97.6 cm³/mol. The Bertz CT molecular complexity index is 761. The smallest absolute Gasteiger partial charge is 0.221 e. The molecule has 6 nitrogen and oxygen atoms in total. The molecule has 2 N–H and O–H groups in total. The number of hydrogen-bond acceptors (Lipinski definition) is 6. The van der Waals surface area contributed by atoms with E-state index in [4.69, 9.17) is 22.1 Å². The van der Waals surface area contributed by atoms with Gasteiger partial charge in [0.25, 0.3) is 0 Å². The molecule has 128 valence electrons. The zero-order valence-electron chi connectivity index (χ0n) is 14.4. The number of methoxy groups -OCH3 is 1. The molecule has 0 aliphatic heterocycles. The lowest BCUT2D eigenvalue weighted by Gasteiger charge is -2.12. The molecular formula is C17H22ClN5O. The molecular weight excluding hydrogens is 326 g/mol. The Hall–Kier alpha value is -2.21. The molecule has 7 heteroatoms. The van der Waals surface area contributed by atoms with Gasteiger partial charge < -0.3 is 10.5 Å². The second-order valence-electron chi connectivity index (χ2n) is 5.45. The van der Waals surface area contributed by atoms with Crippen LogP contribution >= 0.6 is 11.6 Å². The van der Waals surface area contributed by atoms with E-state index in [-0.39, 0.29) is 11.1 Å². The van der Waals surface area contributed by atoms with Gasteiger partial charge in [-0.1, -0.05) is 11.6 Å². The topological polar surface area (TPSA) is 86.3 Å². The maximum Gasteiger partial charge on any atom is 0.221 e. The van der Waals surface area contributed by atoms with Crippen LogP contribution in [0.2, 0.25) is 5.15 Å². The molecule has 0 saturated carbocycles. The molecule has 0 unspecified atom stereocenters. The lowest BCUT2D eigenvalue weighted by Crippen LogP contribution is -2.03. The van der Waals surface area contributed by atoms with E-state index in [1.807, 2.05) is 27.0 Å². The van der Waals surface area contributed by atoms with E-state index in [0.29, 0.717) is 12.1 Å². The molecule has 24 heavy (non-hydrogen) atoms. The molecule has 2 aromatic heterocycles. The summed E-state index contributed by atoms with van der Waals surface area (Å²) in [6.07, 6.45) is 5.85. The number of anilines is 1. The Morgan fingerprint density at radius 2 is 1.96 bits per heavy atom. The van der Waals surface area contributed by atoms with Gasteiger partial charge in [-0.3, -0.25) is 9.98 Å². The fourth-order valence-electron chi connectivity index (χ4n) is 2.67. The van der Waals surface area contributed by atoms with E-state index in [0.717, 1.165) is 41.1 Å². The summed E-state index contributed by atoms with van der Waals surface area (Å²) >= 11 is 6.12. The van der Waals surface area contributed by atoms with Crippen molar-refractivity contribution in [2.24, 2.45) is 4.99 Å². The predicted octanol–water partition coefficient (Wildman–Crippen LogP) is 3.63. The highest BCUT2D eigenvalue weighted by Gasteiger charge is 2.13. The zero-order chi connectivity index (χ0) is 17.7. The van der Waals surface area contributed by atoms with Crippen LogP contribution < -0.4 is 10.5 Å². The normalized spacial score (nSPS) is 11.2. The van der Waals surface area contributed by atoms with E-state index in [1.165, 1.54) is 0 Å². The van der Waals surface area contributed by atoms with E-state index in [2.05, 4.69) is 19.9 Å². The molecule has 0 saturated heterocycles. The number of hydrogen-bond donors (Lipinski definition) is 1. The molecule has 2 rings (SSSR count). The number of halogens is 1. The standard InChI is InChI=1S/C17H22ClN5O/c1-5-20-14-13(22-17(19)23-16(14)18)8-6-7-12-11(3)15(24-4)10(2)9-21-12/h5,9H,6-8H2,1-4H3,(H2,19,22,23)/b20-5-. The number of aliphatic imine (C=N–C) groups is 1. The van der Waals surface area contributed by atoms with Crippen LogP contribution in [0.1, 0.15) is 35.9 Å². The lowest BCUT2D eigenvalue weighted by molar-refractivity contribution is 0.406. The molecule has 2 aromatic rings. The third-order valence-corrected chi connectivity index (χ3v) is 4.03. The Kier molecular flexibility index (Phi) is 6.09. The number of aromatic nitrogens is 3. The second kappa shape index (κ2) is 8.06. The molecule has 0 bridgehead atoms.